The van der Waals surface area contributed by atoms with Crippen LogP contribution < -0.4 is 0 Å². The van der Waals surface area contributed by atoms with Crippen molar-refractivity contribution in [3.8, 4) is 0 Å². The Morgan fingerprint density at radius 2 is 2.00 bits per heavy atom. The van der Waals surface area contributed by atoms with Crippen LogP contribution in [0.5, 0.6) is 0 Å². The number of hydrogen-bond donors (Lipinski definition) is 2. The second kappa shape index (κ2) is 6.26. The molecule has 0 unspecified atom stereocenters. The van der Waals surface area contributed by atoms with Crippen LogP contribution in [-0.4, -0.2) is 16.5 Å². The standard InChI is InChI=1S/C13H17NS2/c15-8-4-1-5-9-16-13-10-11-6-2-3-7-12(11)14-13/h2-3,6-7,10,14-15H,1,4-5,8-9H2. The summed E-state index contributed by atoms with van der Waals surface area (Å²) < 4.78 is 0. The lowest BCUT2D eigenvalue weighted by Crippen LogP contribution is -1.82. The molecule has 0 bridgehead atoms. The molecule has 3 heteroatoms. The van der Waals surface area contributed by atoms with Gasteiger partial charge in [0.2, 0.25) is 0 Å². The fraction of sp³-hybridized carbons (Fsp3) is 0.385. The van der Waals surface area contributed by atoms with E-state index in [1.807, 2.05) is 11.8 Å². The molecule has 0 amide bonds. The SMILES string of the molecule is SCCCCCSc1cc2ccccc2[nH]1. The molecule has 0 aliphatic carbocycles. The minimum atomic E-state index is 1.01. The Morgan fingerprint density at radius 3 is 2.81 bits per heavy atom. The van der Waals surface area contributed by atoms with Crippen LogP contribution in [0.4, 0.5) is 0 Å². The zero-order valence-corrected chi connectivity index (χ0v) is 11.0. The first-order valence-electron chi connectivity index (χ1n) is 5.71. The van der Waals surface area contributed by atoms with Crippen LogP contribution in [0, 0.1) is 0 Å². The van der Waals surface area contributed by atoms with Crippen LogP contribution in [0.2, 0.25) is 0 Å². The van der Waals surface area contributed by atoms with Crippen molar-refractivity contribution in [3.05, 3.63) is 30.3 Å². The lowest BCUT2D eigenvalue weighted by atomic mass is 10.3. The summed E-state index contributed by atoms with van der Waals surface area (Å²) in [6.07, 6.45) is 3.80. The third-order valence-corrected chi connectivity index (χ3v) is 3.91. The van der Waals surface area contributed by atoms with Gasteiger partial charge in [-0.25, -0.2) is 0 Å². The largest absolute Gasteiger partial charge is 0.350 e. The fourth-order valence-corrected chi connectivity index (χ4v) is 2.88. The van der Waals surface area contributed by atoms with Crippen molar-refractivity contribution in [2.24, 2.45) is 0 Å². The fourth-order valence-electron chi connectivity index (χ4n) is 1.70. The van der Waals surface area contributed by atoms with E-state index in [9.17, 15) is 0 Å². The van der Waals surface area contributed by atoms with Gasteiger partial charge in [-0.2, -0.15) is 12.6 Å². The number of thiol groups is 1. The molecule has 2 rings (SSSR count). The summed E-state index contributed by atoms with van der Waals surface area (Å²) >= 11 is 6.13. The molecule has 1 nitrogen and oxygen atoms in total. The highest BCUT2D eigenvalue weighted by atomic mass is 32.2. The summed E-state index contributed by atoms with van der Waals surface area (Å²) in [5.74, 6) is 2.21. The summed E-state index contributed by atoms with van der Waals surface area (Å²) in [6.45, 7) is 0. The Balaban J connectivity index is 1.85. The molecule has 16 heavy (non-hydrogen) atoms. The molecule has 0 saturated heterocycles. The molecule has 1 N–H and O–H groups in total. The van der Waals surface area contributed by atoms with Crippen molar-refractivity contribution in [1.82, 2.24) is 4.98 Å². The first-order valence-corrected chi connectivity index (χ1v) is 7.33. The topological polar surface area (TPSA) is 15.8 Å². The van der Waals surface area contributed by atoms with Crippen LogP contribution in [0.15, 0.2) is 35.4 Å². The summed E-state index contributed by atoms with van der Waals surface area (Å²) in [5.41, 5.74) is 1.24. The summed E-state index contributed by atoms with van der Waals surface area (Å²) in [6, 6.07) is 10.7. The Kier molecular flexibility index (Phi) is 4.67. The highest BCUT2D eigenvalue weighted by Gasteiger charge is 1.99. The molecule has 0 fully saturated rings. The van der Waals surface area contributed by atoms with Gasteiger partial charge in [0.1, 0.15) is 0 Å². The molecular weight excluding hydrogens is 234 g/mol. The Hall–Kier alpha value is -0.540. The number of aromatic amines is 1. The van der Waals surface area contributed by atoms with Crippen LogP contribution >= 0.6 is 24.4 Å². The number of nitrogens with one attached hydrogen (secondary N) is 1. The number of hydrogen-bond acceptors (Lipinski definition) is 2. The molecule has 86 valence electrons. The number of fused-ring (bicyclic) bond motifs is 1. The van der Waals surface area contributed by atoms with Gasteiger partial charge in [-0.15, -0.1) is 11.8 Å². The Morgan fingerprint density at radius 1 is 1.12 bits per heavy atom. The van der Waals surface area contributed by atoms with Crippen molar-refractivity contribution in [2.75, 3.05) is 11.5 Å². The third kappa shape index (κ3) is 3.22. The minimum absolute atomic E-state index is 1.01. The molecule has 1 aromatic carbocycles. The van der Waals surface area contributed by atoms with Crippen molar-refractivity contribution in [2.45, 2.75) is 24.3 Å². The second-order valence-electron chi connectivity index (χ2n) is 3.85. The molecule has 0 radical (unpaired) electrons. The summed E-state index contributed by atoms with van der Waals surface area (Å²) in [7, 11) is 0. The number of H-pyrrole nitrogens is 1. The predicted molar refractivity (Wildman–Crippen MR) is 76.7 cm³/mol. The molecule has 2 aromatic rings. The lowest BCUT2D eigenvalue weighted by Gasteiger charge is -1.97. The number of benzene rings is 1. The van der Waals surface area contributed by atoms with Gasteiger partial charge in [0, 0.05) is 10.9 Å². The van der Waals surface area contributed by atoms with Crippen LogP contribution in [0.1, 0.15) is 19.3 Å². The molecule has 1 aromatic heterocycles. The number of para-hydroxylation sites is 1. The normalized spacial score (nSPS) is 11.1. The zero-order valence-electron chi connectivity index (χ0n) is 9.28. The van der Waals surface area contributed by atoms with Crippen molar-refractivity contribution in [3.63, 3.8) is 0 Å². The minimum Gasteiger partial charge on any atom is -0.350 e. The van der Waals surface area contributed by atoms with E-state index in [1.54, 1.807) is 0 Å². The molecule has 0 spiro atoms. The molecule has 0 aliphatic heterocycles. The maximum atomic E-state index is 4.21. The zero-order chi connectivity index (χ0) is 11.2. The van der Waals surface area contributed by atoms with Gasteiger partial charge in [-0.05, 0) is 36.5 Å². The van der Waals surface area contributed by atoms with Gasteiger partial charge < -0.3 is 4.98 Å². The van der Waals surface area contributed by atoms with E-state index in [0.717, 1.165) is 5.75 Å². The van der Waals surface area contributed by atoms with Gasteiger partial charge in [0.15, 0.2) is 0 Å². The van der Waals surface area contributed by atoms with Crippen LogP contribution in [-0.2, 0) is 0 Å². The smallest absolute Gasteiger partial charge is 0.0732 e. The summed E-state index contributed by atoms with van der Waals surface area (Å²) in [5, 5.41) is 2.59. The lowest BCUT2D eigenvalue weighted by molar-refractivity contribution is 0.786. The average molecular weight is 251 g/mol. The van der Waals surface area contributed by atoms with Crippen molar-refractivity contribution in [1.29, 1.82) is 0 Å². The number of unbranched alkanes of at least 4 members (excludes halogenated alkanes) is 2. The third-order valence-electron chi connectivity index (χ3n) is 2.57. The van der Waals surface area contributed by atoms with Gasteiger partial charge in [0.05, 0.1) is 5.03 Å². The van der Waals surface area contributed by atoms with Gasteiger partial charge in [-0.1, -0.05) is 24.6 Å². The molecule has 0 aliphatic rings. The van der Waals surface area contributed by atoms with E-state index in [2.05, 4.69) is 47.9 Å². The predicted octanol–water partition coefficient (Wildman–Crippen LogP) is 4.36. The highest BCUT2D eigenvalue weighted by molar-refractivity contribution is 7.99. The number of thioether (sulfide) groups is 1. The monoisotopic (exact) mass is 251 g/mol. The Labute approximate surface area is 106 Å². The number of aromatic nitrogens is 1. The van der Waals surface area contributed by atoms with Crippen LogP contribution in [0.25, 0.3) is 10.9 Å². The van der Waals surface area contributed by atoms with Crippen molar-refractivity contribution >= 4 is 35.3 Å². The van der Waals surface area contributed by atoms with Gasteiger partial charge in [-0.3, -0.25) is 0 Å². The molecule has 1 heterocycles. The maximum Gasteiger partial charge on any atom is 0.0732 e. The second-order valence-corrected chi connectivity index (χ2v) is 5.44. The van der Waals surface area contributed by atoms with E-state index < -0.39 is 0 Å². The van der Waals surface area contributed by atoms with Crippen molar-refractivity contribution < 1.29 is 0 Å². The van der Waals surface area contributed by atoms with E-state index in [-0.39, 0.29) is 0 Å². The first kappa shape index (κ1) is 11.9. The van der Waals surface area contributed by atoms with E-state index in [0.29, 0.717) is 0 Å². The van der Waals surface area contributed by atoms with Crippen LogP contribution in [0.3, 0.4) is 0 Å². The number of rotatable bonds is 6. The van der Waals surface area contributed by atoms with E-state index in [4.69, 9.17) is 0 Å². The van der Waals surface area contributed by atoms with Gasteiger partial charge in [0.25, 0.3) is 0 Å². The average Bonchev–Trinajstić information content (AvgIpc) is 2.71. The Bertz CT molecular complexity index is 403. The maximum absolute atomic E-state index is 4.21. The quantitative estimate of drug-likeness (QED) is 0.443. The van der Waals surface area contributed by atoms with E-state index in [1.165, 1.54) is 40.9 Å². The highest BCUT2D eigenvalue weighted by Crippen LogP contribution is 2.23. The summed E-state index contributed by atoms with van der Waals surface area (Å²) in [4.78, 5) is 3.43. The molecule has 0 atom stereocenters. The molecular formula is C13H17NS2. The first-order chi connectivity index (χ1) is 7.90. The van der Waals surface area contributed by atoms with E-state index >= 15 is 0 Å². The van der Waals surface area contributed by atoms with Gasteiger partial charge >= 0.3 is 0 Å². The molecule has 0 saturated carbocycles.